The second-order valence-corrected chi connectivity index (χ2v) is 5.07. The highest BCUT2D eigenvalue weighted by molar-refractivity contribution is 6.39. The van der Waals surface area contributed by atoms with Crippen LogP contribution in [0.3, 0.4) is 0 Å². The third kappa shape index (κ3) is 1.91. The van der Waals surface area contributed by atoms with Gasteiger partial charge in [0.25, 0.3) is 5.91 Å². The molecule has 2 N–H and O–H groups in total. The van der Waals surface area contributed by atoms with Crippen molar-refractivity contribution in [2.45, 2.75) is 31.3 Å². The molecule has 88 valence electrons. The summed E-state index contributed by atoms with van der Waals surface area (Å²) in [4.78, 5) is 17.2. The van der Waals surface area contributed by atoms with Crippen molar-refractivity contribution in [1.29, 1.82) is 0 Å². The van der Waals surface area contributed by atoms with Gasteiger partial charge in [-0.05, 0) is 25.3 Å². The van der Waals surface area contributed by atoms with E-state index in [9.17, 15) is 4.79 Å². The second kappa shape index (κ2) is 3.73. The molecule has 0 aromatic heterocycles. The molecule has 2 fully saturated rings. The SMILES string of the molecule is O=C(NCC1CC1)C1=NO[C@@]2(CCNC2)C1. The number of nitrogens with one attached hydrogen (secondary N) is 2. The molecule has 5 nitrogen and oxygen atoms in total. The molecular formula is C11H17N3O2. The van der Waals surface area contributed by atoms with Crippen LogP contribution in [0.15, 0.2) is 5.16 Å². The second-order valence-electron chi connectivity index (χ2n) is 5.07. The predicted molar refractivity (Wildman–Crippen MR) is 59.1 cm³/mol. The number of amides is 1. The van der Waals surface area contributed by atoms with E-state index in [1.54, 1.807) is 0 Å². The summed E-state index contributed by atoms with van der Waals surface area (Å²) in [6.07, 6.45) is 4.08. The molecule has 0 aromatic carbocycles. The number of nitrogens with zero attached hydrogens (tertiary/aromatic N) is 1. The molecule has 3 aliphatic rings. The van der Waals surface area contributed by atoms with Crippen molar-refractivity contribution < 1.29 is 9.63 Å². The van der Waals surface area contributed by atoms with E-state index in [0.717, 1.165) is 26.1 Å². The van der Waals surface area contributed by atoms with Crippen LogP contribution in [0.1, 0.15) is 25.7 Å². The van der Waals surface area contributed by atoms with Crippen molar-refractivity contribution in [3.63, 3.8) is 0 Å². The Morgan fingerprint density at radius 3 is 3.19 bits per heavy atom. The highest BCUT2D eigenvalue weighted by Crippen LogP contribution is 2.30. The predicted octanol–water partition coefficient (Wildman–Crippen LogP) is 0.0210. The van der Waals surface area contributed by atoms with Gasteiger partial charge in [0.2, 0.25) is 0 Å². The minimum atomic E-state index is -0.230. The molecule has 3 rings (SSSR count). The van der Waals surface area contributed by atoms with Crippen molar-refractivity contribution >= 4 is 11.6 Å². The maximum absolute atomic E-state index is 11.8. The van der Waals surface area contributed by atoms with E-state index in [1.807, 2.05) is 0 Å². The van der Waals surface area contributed by atoms with Gasteiger partial charge in [-0.2, -0.15) is 0 Å². The molecule has 1 saturated carbocycles. The highest BCUT2D eigenvalue weighted by atomic mass is 16.7. The van der Waals surface area contributed by atoms with Crippen LogP contribution in [0.5, 0.6) is 0 Å². The van der Waals surface area contributed by atoms with Crippen molar-refractivity contribution in [2.75, 3.05) is 19.6 Å². The Labute approximate surface area is 94.6 Å². The van der Waals surface area contributed by atoms with Crippen molar-refractivity contribution in [3.8, 4) is 0 Å². The third-order valence-electron chi connectivity index (χ3n) is 3.55. The number of carbonyl (C=O) groups is 1. The molecule has 0 aromatic rings. The zero-order valence-corrected chi connectivity index (χ0v) is 9.29. The highest BCUT2D eigenvalue weighted by Gasteiger charge is 2.43. The molecule has 0 radical (unpaired) electrons. The summed E-state index contributed by atoms with van der Waals surface area (Å²) in [5.74, 6) is 0.657. The molecule has 1 aliphatic carbocycles. The van der Waals surface area contributed by atoms with Crippen LogP contribution in [0.4, 0.5) is 0 Å². The quantitative estimate of drug-likeness (QED) is 0.709. The molecule has 1 atom stereocenters. The summed E-state index contributed by atoms with van der Waals surface area (Å²) < 4.78 is 0. The topological polar surface area (TPSA) is 62.7 Å². The van der Waals surface area contributed by atoms with E-state index >= 15 is 0 Å². The van der Waals surface area contributed by atoms with Crippen LogP contribution in [0, 0.1) is 5.92 Å². The van der Waals surface area contributed by atoms with Gasteiger partial charge in [-0.25, -0.2) is 0 Å². The van der Waals surface area contributed by atoms with E-state index in [0.29, 0.717) is 18.1 Å². The summed E-state index contributed by atoms with van der Waals surface area (Å²) >= 11 is 0. The molecule has 1 amide bonds. The van der Waals surface area contributed by atoms with Gasteiger partial charge < -0.3 is 15.5 Å². The Morgan fingerprint density at radius 1 is 1.62 bits per heavy atom. The first kappa shape index (κ1) is 10.1. The van der Waals surface area contributed by atoms with E-state index in [4.69, 9.17) is 4.84 Å². The molecule has 1 saturated heterocycles. The molecule has 5 heteroatoms. The normalized spacial score (nSPS) is 32.6. The van der Waals surface area contributed by atoms with Gasteiger partial charge in [-0.1, -0.05) is 5.16 Å². The van der Waals surface area contributed by atoms with Crippen LogP contribution < -0.4 is 10.6 Å². The van der Waals surface area contributed by atoms with E-state index in [2.05, 4.69) is 15.8 Å². The molecule has 16 heavy (non-hydrogen) atoms. The van der Waals surface area contributed by atoms with Crippen LogP contribution in [0.25, 0.3) is 0 Å². The van der Waals surface area contributed by atoms with Crippen molar-refractivity contribution in [2.24, 2.45) is 11.1 Å². The summed E-state index contributed by atoms with van der Waals surface area (Å²) in [6.45, 7) is 2.55. The van der Waals surface area contributed by atoms with Gasteiger partial charge in [-0.3, -0.25) is 4.79 Å². The fourth-order valence-corrected chi connectivity index (χ4v) is 2.25. The monoisotopic (exact) mass is 223 g/mol. The molecule has 2 heterocycles. The zero-order valence-electron chi connectivity index (χ0n) is 9.29. The van der Waals surface area contributed by atoms with Crippen LogP contribution in [-0.2, 0) is 9.63 Å². The molecular weight excluding hydrogens is 206 g/mol. The Bertz CT molecular complexity index is 330. The lowest BCUT2D eigenvalue weighted by Gasteiger charge is -2.18. The van der Waals surface area contributed by atoms with E-state index in [1.165, 1.54) is 12.8 Å². The van der Waals surface area contributed by atoms with Crippen LogP contribution >= 0.6 is 0 Å². The van der Waals surface area contributed by atoms with Gasteiger partial charge >= 0.3 is 0 Å². The van der Waals surface area contributed by atoms with E-state index in [-0.39, 0.29) is 11.5 Å². The molecule has 0 bridgehead atoms. The third-order valence-corrected chi connectivity index (χ3v) is 3.55. The van der Waals surface area contributed by atoms with Crippen LogP contribution in [-0.4, -0.2) is 36.9 Å². The first-order valence-corrected chi connectivity index (χ1v) is 6.01. The van der Waals surface area contributed by atoms with Gasteiger partial charge in [0.1, 0.15) is 5.71 Å². The van der Waals surface area contributed by atoms with E-state index < -0.39 is 0 Å². The number of hydrogen-bond donors (Lipinski definition) is 2. The fraction of sp³-hybridized carbons (Fsp3) is 0.818. The molecule has 1 spiro atoms. The Balaban J connectivity index is 1.53. The summed E-state index contributed by atoms with van der Waals surface area (Å²) in [5.41, 5.74) is 0.330. The maximum Gasteiger partial charge on any atom is 0.269 e. The summed E-state index contributed by atoms with van der Waals surface area (Å²) in [7, 11) is 0. The summed E-state index contributed by atoms with van der Waals surface area (Å²) in [6, 6.07) is 0. The van der Waals surface area contributed by atoms with Gasteiger partial charge in [0.15, 0.2) is 5.60 Å². The summed E-state index contributed by atoms with van der Waals surface area (Å²) in [5, 5.41) is 10.1. The maximum atomic E-state index is 11.8. The minimum Gasteiger partial charge on any atom is -0.387 e. The van der Waals surface area contributed by atoms with Crippen molar-refractivity contribution in [3.05, 3.63) is 0 Å². The fourth-order valence-electron chi connectivity index (χ4n) is 2.25. The largest absolute Gasteiger partial charge is 0.387 e. The van der Waals surface area contributed by atoms with Gasteiger partial charge in [0, 0.05) is 25.9 Å². The number of rotatable bonds is 3. The Morgan fingerprint density at radius 2 is 2.50 bits per heavy atom. The number of hydrogen-bond acceptors (Lipinski definition) is 4. The lowest BCUT2D eigenvalue weighted by Crippen LogP contribution is -2.36. The number of carbonyl (C=O) groups excluding carboxylic acids is 1. The standard InChI is InChI=1S/C11H17N3O2/c15-10(13-6-8-1-2-8)9-5-11(16-14-9)3-4-12-7-11/h8,12H,1-7H2,(H,13,15)/t11-/m0/s1. The Kier molecular flexibility index (Phi) is 2.35. The zero-order chi connectivity index (χ0) is 11.0. The van der Waals surface area contributed by atoms with Gasteiger partial charge in [0.05, 0.1) is 0 Å². The first-order valence-electron chi connectivity index (χ1n) is 6.01. The number of oxime groups is 1. The smallest absolute Gasteiger partial charge is 0.269 e. The Hall–Kier alpha value is -1.10. The molecule has 0 unspecified atom stereocenters. The average molecular weight is 223 g/mol. The molecule has 2 aliphatic heterocycles. The van der Waals surface area contributed by atoms with Crippen molar-refractivity contribution in [1.82, 2.24) is 10.6 Å². The van der Waals surface area contributed by atoms with Crippen LogP contribution in [0.2, 0.25) is 0 Å². The lowest BCUT2D eigenvalue weighted by molar-refractivity contribution is -0.115. The first-order chi connectivity index (χ1) is 7.77. The average Bonchev–Trinajstić information content (AvgIpc) is 2.86. The minimum absolute atomic E-state index is 0.0457. The van der Waals surface area contributed by atoms with Gasteiger partial charge in [-0.15, -0.1) is 0 Å². The lowest BCUT2D eigenvalue weighted by atomic mass is 9.96.